The van der Waals surface area contributed by atoms with Gasteiger partial charge in [0.05, 0.1) is 17.6 Å². The predicted molar refractivity (Wildman–Crippen MR) is 53.6 cm³/mol. The normalized spacial score (nSPS) is 51.6. The fourth-order valence-corrected chi connectivity index (χ4v) is 2.46. The molecule has 3 nitrogen and oxygen atoms in total. The molecule has 0 aromatic heterocycles. The van der Waals surface area contributed by atoms with Gasteiger partial charge in [0.25, 0.3) is 0 Å². The van der Waals surface area contributed by atoms with Crippen molar-refractivity contribution in [2.24, 2.45) is 11.8 Å². The van der Waals surface area contributed by atoms with E-state index in [4.69, 9.17) is 0 Å². The van der Waals surface area contributed by atoms with Crippen LogP contribution in [0.5, 0.6) is 0 Å². The summed E-state index contributed by atoms with van der Waals surface area (Å²) in [6.45, 7) is 5.93. The van der Waals surface area contributed by atoms with Gasteiger partial charge in [0, 0.05) is 0 Å². The molecule has 0 aromatic rings. The van der Waals surface area contributed by atoms with Gasteiger partial charge in [-0.15, -0.1) is 0 Å². The van der Waals surface area contributed by atoms with Crippen LogP contribution >= 0.6 is 0 Å². The van der Waals surface area contributed by atoms with Crippen LogP contribution in [-0.4, -0.2) is 22.2 Å². The molecule has 1 saturated heterocycles. The van der Waals surface area contributed by atoms with Crippen LogP contribution in [0.15, 0.2) is 12.2 Å². The number of nitrogens with one attached hydrogen (secondary N) is 1. The van der Waals surface area contributed by atoms with Gasteiger partial charge in [-0.2, -0.15) is 0 Å². The Morgan fingerprint density at radius 3 is 2.50 bits per heavy atom. The third kappa shape index (κ3) is 1.12. The van der Waals surface area contributed by atoms with E-state index >= 15 is 0 Å². The summed E-state index contributed by atoms with van der Waals surface area (Å²) in [6.07, 6.45) is 4.33. The molecule has 0 saturated carbocycles. The molecule has 1 amide bonds. The van der Waals surface area contributed by atoms with Crippen LogP contribution in [0.25, 0.3) is 0 Å². The van der Waals surface area contributed by atoms with E-state index in [0.717, 1.165) is 0 Å². The van der Waals surface area contributed by atoms with Crippen LogP contribution in [0.2, 0.25) is 0 Å². The van der Waals surface area contributed by atoms with E-state index < -0.39 is 5.60 Å². The van der Waals surface area contributed by atoms with E-state index in [1.807, 2.05) is 26.0 Å². The summed E-state index contributed by atoms with van der Waals surface area (Å²) in [6, 6.07) is 0. The second-order valence-electron chi connectivity index (χ2n) is 4.90. The Kier molecular flexibility index (Phi) is 1.80. The average Bonchev–Trinajstić information content (AvgIpc) is 2.05. The van der Waals surface area contributed by atoms with Crippen molar-refractivity contribution in [3.05, 3.63) is 12.2 Å². The van der Waals surface area contributed by atoms with E-state index in [0.29, 0.717) is 6.42 Å². The Morgan fingerprint density at radius 2 is 2.00 bits per heavy atom. The van der Waals surface area contributed by atoms with Crippen LogP contribution in [-0.2, 0) is 4.79 Å². The lowest BCUT2D eigenvalue weighted by Crippen LogP contribution is -2.67. The molecule has 1 fully saturated rings. The molecule has 0 radical (unpaired) electrons. The highest BCUT2D eigenvalue weighted by Gasteiger charge is 2.52. The number of carbonyl (C=O) groups is 1. The van der Waals surface area contributed by atoms with Crippen molar-refractivity contribution < 1.29 is 9.90 Å². The molecule has 78 valence electrons. The minimum atomic E-state index is -0.745. The molecule has 2 N–H and O–H groups in total. The highest BCUT2D eigenvalue weighted by Crippen LogP contribution is 2.43. The maximum absolute atomic E-state index is 11.0. The Hall–Kier alpha value is -0.830. The maximum Gasteiger partial charge on any atom is 0.223 e. The molecule has 2 aliphatic rings. The van der Waals surface area contributed by atoms with Gasteiger partial charge < -0.3 is 10.4 Å². The molecular formula is C11H17NO2. The van der Waals surface area contributed by atoms with Gasteiger partial charge in [-0.05, 0) is 18.8 Å². The minimum Gasteiger partial charge on any atom is -0.386 e. The zero-order chi connectivity index (χ0) is 10.6. The van der Waals surface area contributed by atoms with E-state index in [1.54, 1.807) is 0 Å². The monoisotopic (exact) mass is 195 g/mol. The smallest absolute Gasteiger partial charge is 0.223 e. The molecular weight excluding hydrogens is 178 g/mol. The van der Waals surface area contributed by atoms with Crippen LogP contribution < -0.4 is 5.32 Å². The van der Waals surface area contributed by atoms with Crippen LogP contribution in [0, 0.1) is 11.8 Å². The van der Waals surface area contributed by atoms with Gasteiger partial charge in [-0.1, -0.05) is 26.0 Å². The first-order valence-corrected chi connectivity index (χ1v) is 5.11. The van der Waals surface area contributed by atoms with Gasteiger partial charge in [0.2, 0.25) is 5.91 Å². The lowest BCUT2D eigenvalue weighted by Gasteiger charge is -2.52. The number of hydrogen-bond donors (Lipinski definition) is 2. The Balaban J connectivity index is 2.29. The molecule has 4 atom stereocenters. The number of amides is 1. The molecule has 3 heteroatoms. The first-order valence-electron chi connectivity index (χ1n) is 5.11. The van der Waals surface area contributed by atoms with Crippen LogP contribution in [0.1, 0.15) is 27.2 Å². The topological polar surface area (TPSA) is 49.3 Å². The Labute approximate surface area is 84.2 Å². The quantitative estimate of drug-likeness (QED) is 0.444. The van der Waals surface area contributed by atoms with E-state index in [2.05, 4.69) is 12.2 Å². The van der Waals surface area contributed by atoms with Gasteiger partial charge >= 0.3 is 0 Å². The lowest BCUT2D eigenvalue weighted by molar-refractivity contribution is -0.135. The SMILES string of the molecule is CC1C(C)C2(C=CC1(C)O)CC(=O)N2. The minimum absolute atomic E-state index is 0.107. The molecule has 1 spiro atoms. The lowest BCUT2D eigenvalue weighted by atomic mass is 9.62. The Bertz CT molecular complexity index is 298. The molecule has 4 unspecified atom stereocenters. The van der Waals surface area contributed by atoms with Crippen LogP contribution in [0.4, 0.5) is 0 Å². The highest BCUT2D eigenvalue weighted by atomic mass is 16.3. The summed E-state index contributed by atoms with van der Waals surface area (Å²) in [7, 11) is 0. The van der Waals surface area contributed by atoms with Crippen molar-refractivity contribution in [1.29, 1.82) is 0 Å². The largest absolute Gasteiger partial charge is 0.386 e. The number of hydrogen-bond acceptors (Lipinski definition) is 2. The zero-order valence-electron chi connectivity index (χ0n) is 8.87. The number of rotatable bonds is 0. The second-order valence-corrected chi connectivity index (χ2v) is 4.90. The van der Waals surface area contributed by atoms with Crippen molar-refractivity contribution in [3.63, 3.8) is 0 Å². The third-order valence-electron chi connectivity index (χ3n) is 4.03. The fraction of sp³-hybridized carbons (Fsp3) is 0.727. The van der Waals surface area contributed by atoms with E-state index in [-0.39, 0.29) is 23.3 Å². The van der Waals surface area contributed by atoms with Crippen molar-refractivity contribution in [2.75, 3.05) is 0 Å². The van der Waals surface area contributed by atoms with E-state index in [1.165, 1.54) is 0 Å². The van der Waals surface area contributed by atoms with Gasteiger partial charge in [-0.3, -0.25) is 4.79 Å². The number of aliphatic hydroxyl groups is 1. The molecule has 14 heavy (non-hydrogen) atoms. The number of β-lactam (4-membered cyclic amide) rings is 1. The third-order valence-corrected chi connectivity index (χ3v) is 4.03. The molecule has 0 bridgehead atoms. The summed E-state index contributed by atoms with van der Waals surface area (Å²) < 4.78 is 0. The van der Waals surface area contributed by atoms with Crippen LogP contribution in [0.3, 0.4) is 0 Å². The zero-order valence-corrected chi connectivity index (χ0v) is 8.87. The first-order chi connectivity index (χ1) is 6.37. The summed E-state index contributed by atoms with van der Waals surface area (Å²) in [5.41, 5.74) is -0.927. The molecule has 1 aliphatic carbocycles. The fourth-order valence-electron chi connectivity index (χ4n) is 2.46. The average molecular weight is 195 g/mol. The summed E-state index contributed by atoms with van der Waals surface area (Å²) in [5, 5.41) is 13.0. The maximum atomic E-state index is 11.0. The van der Waals surface area contributed by atoms with Crippen molar-refractivity contribution in [2.45, 2.75) is 38.3 Å². The second kappa shape index (κ2) is 2.60. The molecule has 1 aliphatic heterocycles. The van der Waals surface area contributed by atoms with E-state index in [9.17, 15) is 9.90 Å². The summed E-state index contributed by atoms with van der Waals surface area (Å²) in [4.78, 5) is 11.0. The molecule has 2 rings (SSSR count). The summed E-state index contributed by atoms with van der Waals surface area (Å²) in [5.74, 6) is 0.545. The van der Waals surface area contributed by atoms with Crippen molar-refractivity contribution in [3.8, 4) is 0 Å². The predicted octanol–water partition coefficient (Wildman–Crippen LogP) is 0.838. The molecule has 1 heterocycles. The summed E-state index contributed by atoms with van der Waals surface area (Å²) >= 11 is 0. The van der Waals surface area contributed by atoms with Crippen molar-refractivity contribution >= 4 is 5.91 Å². The number of carbonyl (C=O) groups excluding carboxylic acids is 1. The molecule has 0 aromatic carbocycles. The Morgan fingerprint density at radius 1 is 1.43 bits per heavy atom. The highest BCUT2D eigenvalue weighted by molar-refractivity contribution is 5.86. The van der Waals surface area contributed by atoms with Crippen molar-refractivity contribution in [1.82, 2.24) is 5.32 Å². The standard InChI is InChI=1S/C11H17NO2/c1-7-8(2)11(6-9(13)12-11)5-4-10(7,3)14/h4-5,7-8,14H,6H2,1-3H3,(H,12,13). The van der Waals surface area contributed by atoms with Gasteiger partial charge in [0.1, 0.15) is 0 Å². The first kappa shape index (κ1) is 9.71. The van der Waals surface area contributed by atoms with Gasteiger partial charge in [-0.25, -0.2) is 0 Å². The van der Waals surface area contributed by atoms with Gasteiger partial charge in [0.15, 0.2) is 0 Å².